The molecule has 1 aliphatic rings. The number of hydrogen-bond acceptors (Lipinski definition) is 9. The van der Waals surface area contributed by atoms with Gasteiger partial charge in [-0.3, -0.25) is 18.7 Å². The molecule has 3 atom stereocenters. The molecule has 1 fully saturated rings. The molecule has 1 saturated heterocycles. The molecular weight excluding hydrogens is 777 g/mol. The maximum atomic E-state index is 14.0. The van der Waals surface area contributed by atoms with Gasteiger partial charge in [0.25, 0.3) is 13.9 Å². The van der Waals surface area contributed by atoms with Crippen molar-refractivity contribution in [2.24, 2.45) is 0 Å². The van der Waals surface area contributed by atoms with Gasteiger partial charge in [0.1, 0.15) is 35.2 Å². The number of aryl methyl sites for hydroxylation is 1. The van der Waals surface area contributed by atoms with Crippen molar-refractivity contribution in [3.05, 3.63) is 158 Å². The Morgan fingerprint density at radius 3 is 1.77 bits per heavy atom. The topological polar surface area (TPSA) is 127 Å². The predicted octanol–water partition coefficient (Wildman–Crippen LogP) is 8.43. The first-order chi connectivity index (χ1) is 28.7. The van der Waals surface area contributed by atoms with E-state index in [0.717, 1.165) is 21.3 Å². The van der Waals surface area contributed by atoms with Crippen molar-refractivity contribution < 1.29 is 33.3 Å². The number of hydrogen-bond donors (Lipinski definition) is 1. The monoisotopic (exact) mass is 834 g/mol. The standard InChI is InChI=1S/C48H58N2O9Si/c1-31(2)60(32(3)4,33(5)6)59-41-21-15-35(16-22-41)43(52)29-50-46(53)34(7)28-49(47(50)54)45-27-42(51)44(58-45)30-57-48(36-13-11-10-12-14-36,37-17-23-39(55-8)24-18-37)38-19-25-40(56-9)26-20-38/h10-26,28,31-33,42,44-45,51H,27,29-30H2,1-9H3/t42-,44+,45+/m0/s1. The predicted molar refractivity (Wildman–Crippen MR) is 235 cm³/mol. The first-order valence-electron chi connectivity index (χ1n) is 20.6. The first-order valence-corrected chi connectivity index (χ1v) is 22.8. The smallest absolute Gasteiger partial charge is 0.333 e. The summed E-state index contributed by atoms with van der Waals surface area (Å²) in [5, 5.41) is 11.4. The maximum Gasteiger partial charge on any atom is 0.333 e. The number of rotatable bonds is 17. The van der Waals surface area contributed by atoms with Crippen LogP contribution in [0.2, 0.25) is 16.6 Å². The van der Waals surface area contributed by atoms with Gasteiger partial charge in [0, 0.05) is 23.7 Å². The van der Waals surface area contributed by atoms with Crippen LogP contribution in [-0.2, 0) is 21.6 Å². The highest BCUT2D eigenvalue weighted by Gasteiger charge is 2.47. The van der Waals surface area contributed by atoms with Gasteiger partial charge in [-0.25, -0.2) is 4.79 Å². The Balaban J connectivity index is 1.25. The molecule has 1 aliphatic heterocycles. The van der Waals surface area contributed by atoms with Crippen LogP contribution in [0.5, 0.6) is 17.2 Å². The molecule has 5 aromatic rings. The molecule has 0 amide bonds. The fraction of sp³-hybridized carbons (Fsp3) is 0.396. The van der Waals surface area contributed by atoms with Crippen LogP contribution in [0.15, 0.2) is 119 Å². The zero-order valence-corrected chi connectivity index (χ0v) is 37.1. The number of aromatic nitrogens is 2. The van der Waals surface area contributed by atoms with Crippen LogP contribution < -0.4 is 25.1 Å². The molecule has 1 N–H and O–H groups in total. The molecule has 0 aliphatic carbocycles. The average molecular weight is 835 g/mol. The Hall–Kier alpha value is -5.27. The van der Waals surface area contributed by atoms with Crippen molar-refractivity contribution in [3.8, 4) is 17.2 Å². The van der Waals surface area contributed by atoms with Crippen LogP contribution >= 0.6 is 0 Å². The van der Waals surface area contributed by atoms with E-state index in [0.29, 0.717) is 39.4 Å². The minimum absolute atomic E-state index is 0.0539. The van der Waals surface area contributed by atoms with Crippen LogP contribution in [0.3, 0.4) is 0 Å². The summed E-state index contributed by atoms with van der Waals surface area (Å²) in [6, 6.07) is 32.0. The Labute approximate surface area is 353 Å². The molecule has 0 saturated carbocycles. The first kappa shape index (κ1) is 44.3. The third-order valence-corrected chi connectivity index (χ3v) is 18.0. The molecule has 0 unspecified atom stereocenters. The summed E-state index contributed by atoms with van der Waals surface area (Å²) in [6.45, 7) is 14.3. The molecule has 1 aromatic heterocycles. The Morgan fingerprint density at radius 2 is 1.27 bits per heavy atom. The second-order valence-corrected chi connectivity index (χ2v) is 21.9. The second-order valence-electron chi connectivity index (χ2n) is 16.5. The van der Waals surface area contributed by atoms with Crippen molar-refractivity contribution in [1.82, 2.24) is 9.13 Å². The number of aliphatic hydroxyl groups excluding tert-OH is 1. The SMILES string of the molecule is COc1ccc(C(OC[C@H]2O[C@@H](n3cc(C)c(=O)n(CC(=O)c4ccc(O[Si](C(C)C)(C(C)C)C(C)C)cc4)c3=O)C[C@@H]2O)(c2ccccc2)c2ccc(OC)cc2)cc1. The Kier molecular flexibility index (Phi) is 13.7. The molecule has 11 nitrogen and oxygen atoms in total. The summed E-state index contributed by atoms with van der Waals surface area (Å²) in [6.07, 6.45) is -1.32. The number of aliphatic hydroxyl groups is 1. The average Bonchev–Trinajstić information content (AvgIpc) is 3.62. The lowest BCUT2D eigenvalue weighted by Gasteiger charge is -2.42. The van der Waals surface area contributed by atoms with Crippen molar-refractivity contribution in [2.75, 3.05) is 20.8 Å². The number of carbonyl (C=O) groups excluding carboxylic acids is 1. The quantitative estimate of drug-likeness (QED) is 0.0558. The van der Waals surface area contributed by atoms with Crippen LogP contribution in [0.4, 0.5) is 0 Å². The van der Waals surface area contributed by atoms with Crippen molar-refractivity contribution in [1.29, 1.82) is 0 Å². The van der Waals surface area contributed by atoms with E-state index in [1.165, 1.54) is 10.8 Å². The van der Waals surface area contributed by atoms with E-state index in [-0.39, 0.29) is 18.6 Å². The molecule has 318 valence electrons. The highest BCUT2D eigenvalue weighted by Crippen LogP contribution is 2.44. The van der Waals surface area contributed by atoms with Gasteiger partial charge in [0.05, 0.1) is 33.5 Å². The Bertz CT molecular complexity index is 2270. The molecular formula is C48H58N2O9Si. The molecule has 0 spiro atoms. The van der Waals surface area contributed by atoms with Crippen molar-refractivity contribution in [3.63, 3.8) is 0 Å². The van der Waals surface area contributed by atoms with Gasteiger partial charge in [0.15, 0.2) is 5.78 Å². The van der Waals surface area contributed by atoms with Gasteiger partial charge in [-0.2, -0.15) is 0 Å². The molecule has 0 bridgehead atoms. The van der Waals surface area contributed by atoms with E-state index in [4.69, 9.17) is 23.4 Å². The van der Waals surface area contributed by atoms with E-state index in [9.17, 15) is 19.5 Å². The largest absolute Gasteiger partial charge is 0.543 e. The van der Waals surface area contributed by atoms with E-state index in [1.54, 1.807) is 45.4 Å². The molecule has 0 radical (unpaired) electrons. The number of carbonyl (C=O) groups is 1. The number of nitrogens with zero attached hydrogens (tertiary/aromatic N) is 2. The number of Topliss-reactive ketones (excluding diaryl/α,β-unsaturated/α-hetero) is 1. The third-order valence-electron chi connectivity index (χ3n) is 12.0. The summed E-state index contributed by atoms with van der Waals surface area (Å²) in [5.41, 5.74) is 1.76. The number of ether oxygens (including phenoxy) is 4. The molecule has 60 heavy (non-hydrogen) atoms. The number of benzene rings is 4. The molecule has 6 rings (SSSR count). The van der Waals surface area contributed by atoms with E-state index in [1.807, 2.05) is 78.9 Å². The van der Waals surface area contributed by atoms with Gasteiger partial charge in [0.2, 0.25) is 0 Å². The molecule has 12 heteroatoms. The second kappa shape index (κ2) is 18.6. The molecule has 4 aromatic carbocycles. The van der Waals surface area contributed by atoms with Gasteiger partial charge in [-0.05, 0) is 88.8 Å². The summed E-state index contributed by atoms with van der Waals surface area (Å²) in [7, 11) is 1.01. The van der Waals surface area contributed by atoms with Crippen LogP contribution in [0.25, 0.3) is 0 Å². The minimum Gasteiger partial charge on any atom is -0.543 e. The third kappa shape index (κ3) is 8.65. The van der Waals surface area contributed by atoms with Crippen LogP contribution in [0.1, 0.15) is 86.8 Å². The van der Waals surface area contributed by atoms with Crippen LogP contribution in [0, 0.1) is 6.92 Å². The number of ketones is 1. The normalized spacial score (nSPS) is 17.1. The van der Waals surface area contributed by atoms with Gasteiger partial charge < -0.3 is 28.5 Å². The van der Waals surface area contributed by atoms with Crippen molar-refractivity contribution in [2.45, 2.75) is 102 Å². The number of methoxy groups -OCH3 is 2. The highest BCUT2D eigenvalue weighted by atomic mass is 28.4. The fourth-order valence-electron chi connectivity index (χ4n) is 8.92. The van der Waals surface area contributed by atoms with Crippen molar-refractivity contribution >= 4 is 14.1 Å². The zero-order valence-electron chi connectivity index (χ0n) is 36.1. The maximum absolute atomic E-state index is 14.0. The van der Waals surface area contributed by atoms with Crippen LogP contribution in [-0.4, -0.2) is 61.4 Å². The minimum atomic E-state index is -2.21. The van der Waals surface area contributed by atoms with E-state index >= 15 is 0 Å². The lowest BCUT2D eigenvalue weighted by molar-refractivity contribution is -0.0946. The lowest BCUT2D eigenvalue weighted by atomic mass is 9.80. The summed E-state index contributed by atoms with van der Waals surface area (Å²) >= 11 is 0. The summed E-state index contributed by atoms with van der Waals surface area (Å²) in [5.74, 6) is 1.67. The molecule has 2 heterocycles. The van der Waals surface area contributed by atoms with Gasteiger partial charge >= 0.3 is 5.69 Å². The van der Waals surface area contributed by atoms with E-state index < -0.39 is 55.9 Å². The summed E-state index contributed by atoms with van der Waals surface area (Å²) < 4.78 is 33.3. The highest BCUT2D eigenvalue weighted by molar-refractivity contribution is 6.78. The fourth-order valence-corrected chi connectivity index (χ4v) is 14.2. The lowest BCUT2D eigenvalue weighted by Crippen LogP contribution is -2.50. The summed E-state index contributed by atoms with van der Waals surface area (Å²) in [4.78, 5) is 41.1. The van der Waals surface area contributed by atoms with E-state index in [2.05, 4.69) is 41.5 Å². The zero-order chi connectivity index (χ0) is 43.4. The van der Waals surface area contributed by atoms with Gasteiger partial charge in [-0.15, -0.1) is 0 Å². The Morgan fingerprint density at radius 1 is 0.767 bits per heavy atom. The van der Waals surface area contributed by atoms with Gasteiger partial charge in [-0.1, -0.05) is 96.1 Å².